The van der Waals surface area contributed by atoms with Gasteiger partial charge in [0.15, 0.2) is 6.10 Å². The molecule has 0 radical (unpaired) electrons. The number of aryl methyl sites for hydroxylation is 2. The number of amides is 1. The van der Waals surface area contributed by atoms with Gasteiger partial charge in [-0.3, -0.25) is 9.59 Å². The average Bonchev–Trinajstić information content (AvgIpc) is 3.04. The first-order chi connectivity index (χ1) is 13.8. The fraction of sp³-hybridized carbons (Fsp3) is 0.333. The van der Waals surface area contributed by atoms with Crippen LogP contribution in [0.2, 0.25) is 0 Å². The molecule has 0 spiro atoms. The van der Waals surface area contributed by atoms with E-state index in [0.29, 0.717) is 0 Å². The molecule has 1 heterocycles. The molecule has 3 rings (SSSR count). The van der Waals surface area contributed by atoms with Crippen LogP contribution in [-0.4, -0.2) is 18.0 Å². The van der Waals surface area contributed by atoms with Crippen LogP contribution >= 0.6 is 0 Å². The number of hydrogen-bond acceptors (Lipinski definition) is 4. The van der Waals surface area contributed by atoms with E-state index < -0.39 is 12.1 Å². The lowest BCUT2D eigenvalue weighted by Crippen LogP contribution is -2.31. The average molecular weight is 393 g/mol. The van der Waals surface area contributed by atoms with E-state index in [0.717, 1.165) is 38.9 Å². The molecule has 5 nitrogen and oxygen atoms in total. The maximum atomic E-state index is 12.6. The van der Waals surface area contributed by atoms with Gasteiger partial charge in [0.2, 0.25) is 0 Å². The highest BCUT2D eigenvalue weighted by molar-refractivity contribution is 5.96. The van der Waals surface area contributed by atoms with Gasteiger partial charge in [0.05, 0.1) is 12.7 Å². The van der Waals surface area contributed by atoms with Gasteiger partial charge in [-0.05, 0) is 49.4 Å². The van der Waals surface area contributed by atoms with Gasteiger partial charge in [-0.2, -0.15) is 0 Å². The minimum Gasteiger partial charge on any atom is -0.464 e. The minimum atomic E-state index is -0.900. The standard InChI is InChI=1S/C24H27NO4/c1-14(2)19-8-6-7-16(4)23(19)25-24(27)17(5)29-22(26)12-18-13-28-21-11-15(3)9-10-20(18)21/h6-11,13-14,17H,12H2,1-5H3,(H,25,27)/t17-/m1/s1. The number of benzene rings is 2. The van der Waals surface area contributed by atoms with Gasteiger partial charge in [0, 0.05) is 16.6 Å². The third kappa shape index (κ3) is 4.67. The Labute approximate surface area is 171 Å². The van der Waals surface area contributed by atoms with E-state index in [2.05, 4.69) is 19.2 Å². The van der Waals surface area contributed by atoms with Crippen molar-refractivity contribution in [1.82, 2.24) is 0 Å². The zero-order valence-corrected chi connectivity index (χ0v) is 17.5. The summed E-state index contributed by atoms with van der Waals surface area (Å²) in [5.41, 5.74) is 5.38. The second-order valence-electron chi connectivity index (χ2n) is 7.75. The Morgan fingerprint density at radius 2 is 1.86 bits per heavy atom. The second kappa shape index (κ2) is 8.52. The van der Waals surface area contributed by atoms with E-state index in [-0.39, 0.29) is 18.2 Å². The Hall–Kier alpha value is -3.08. The number of ether oxygens (including phenoxy) is 1. The summed E-state index contributed by atoms with van der Waals surface area (Å²) < 4.78 is 10.9. The molecule has 152 valence electrons. The highest BCUT2D eigenvalue weighted by Crippen LogP contribution is 2.28. The van der Waals surface area contributed by atoms with E-state index in [1.165, 1.54) is 0 Å². The lowest BCUT2D eigenvalue weighted by atomic mass is 9.98. The van der Waals surface area contributed by atoms with Gasteiger partial charge in [-0.1, -0.05) is 44.2 Å². The lowest BCUT2D eigenvalue weighted by molar-refractivity contribution is -0.152. The van der Waals surface area contributed by atoms with Crippen molar-refractivity contribution in [3.05, 3.63) is 64.9 Å². The maximum Gasteiger partial charge on any atom is 0.311 e. The van der Waals surface area contributed by atoms with Gasteiger partial charge in [0.25, 0.3) is 5.91 Å². The Morgan fingerprint density at radius 1 is 1.10 bits per heavy atom. The van der Waals surface area contributed by atoms with Crippen LogP contribution in [0.3, 0.4) is 0 Å². The molecular formula is C24H27NO4. The third-order valence-electron chi connectivity index (χ3n) is 5.00. The summed E-state index contributed by atoms with van der Waals surface area (Å²) in [6.45, 7) is 9.66. The summed E-state index contributed by atoms with van der Waals surface area (Å²) in [7, 11) is 0. The number of para-hydroxylation sites is 1. The summed E-state index contributed by atoms with van der Waals surface area (Å²) >= 11 is 0. The fourth-order valence-corrected chi connectivity index (χ4v) is 3.34. The Kier molecular flexibility index (Phi) is 6.06. The highest BCUT2D eigenvalue weighted by atomic mass is 16.5. The largest absolute Gasteiger partial charge is 0.464 e. The number of rotatable bonds is 6. The monoisotopic (exact) mass is 393 g/mol. The summed E-state index contributed by atoms with van der Waals surface area (Å²) in [6, 6.07) is 11.7. The molecule has 0 unspecified atom stereocenters. The smallest absolute Gasteiger partial charge is 0.311 e. The molecule has 0 aliphatic heterocycles. The quantitative estimate of drug-likeness (QED) is 0.578. The van der Waals surface area contributed by atoms with E-state index >= 15 is 0 Å². The summed E-state index contributed by atoms with van der Waals surface area (Å²) in [5, 5.41) is 3.81. The van der Waals surface area contributed by atoms with Gasteiger partial charge in [-0.15, -0.1) is 0 Å². The van der Waals surface area contributed by atoms with Crippen LogP contribution < -0.4 is 5.32 Å². The van der Waals surface area contributed by atoms with Gasteiger partial charge in [0.1, 0.15) is 5.58 Å². The number of carbonyl (C=O) groups excluding carboxylic acids is 2. The van der Waals surface area contributed by atoms with Gasteiger partial charge in [-0.25, -0.2) is 0 Å². The van der Waals surface area contributed by atoms with Crippen LogP contribution in [0.5, 0.6) is 0 Å². The zero-order chi connectivity index (χ0) is 21.1. The van der Waals surface area contributed by atoms with Crippen LogP contribution in [-0.2, 0) is 20.7 Å². The van der Waals surface area contributed by atoms with Crippen molar-refractivity contribution < 1.29 is 18.7 Å². The molecule has 1 N–H and O–H groups in total. The molecule has 1 amide bonds. The van der Waals surface area contributed by atoms with Crippen LogP contribution in [0.1, 0.15) is 48.9 Å². The number of fused-ring (bicyclic) bond motifs is 1. The number of esters is 1. The fourth-order valence-electron chi connectivity index (χ4n) is 3.34. The molecule has 29 heavy (non-hydrogen) atoms. The van der Waals surface area contributed by atoms with Crippen molar-refractivity contribution in [3.63, 3.8) is 0 Å². The van der Waals surface area contributed by atoms with Crippen LogP contribution in [0.25, 0.3) is 11.0 Å². The number of anilines is 1. The summed E-state index contributed by atoms with van der Waals surface area (Å²) in [5.74, 6) is -0.548. The normalized spacial score (nSPS) is 12.2. The van der Waals surface area contributed by atoms with E-state index in [4.69, 9.17) is 9.15 Å². The Morgan fingerprint density at radius 3 is 2.59 bits per heavy atom. The molecule has 0 bridgehead atoms. The molecule has 1 aromatic heterocycles. The van der Waals surface area contributed by atoms with Gasteiger partial charge >= 0.3 is 5.97 Å². The van der Waals surface area contributed by atoms with E-state index in [1.54, 1.807) is 13.2 Å². The molecule has 0 aliphatic rings. The zero-order valence-electron chi connectivity index (χ0n) is 17.5. The summed E-state index contributed by atoms with van der Waals surface area (Å²) in [6.07, 6.45) is 0.718. The minimum absolute atomic E-state index is 0.0509. The maximum absolute atomic E-state index is 12.6. The van der Waals surface area contributed by atoms with Crippen molar-refractivity contribution in [2.75, 3.05) is 5.32 Å². The highest BCUT2D eigenvalue weighted by Gasteiger charge is 2.21. The Bertz CT molecular complexity index is 1050. The molecule has 0 aliphatic carbocycles. The SMILES string of the molecule is Cc1ccc2c(CC(=O)O[C@H](C)C(=O)Nc3c(C)cccc3C(C)C)coc2c1. The van der Waals surface area contributed by atoms with Gasteiger partial charge < -0.3 is 14.5 Å². The molecular weight excluding hydrogens is 366 g/mol. The molecule has 0 fully saturated rings. The first-order valence-corrected chi connectivity index (χ1v) is 9.83. The first-order valence-electron chi connectivity index (χ1n) is 9.83. The number of carbonyl (C=O) groups is 2. The first kappa shape index (κ1) is 20.6. The Balaban J connectivity index is 1.66. The molecule has 3 aromatic rings. The van der Waals surface area contributed by atoms with E-state index in [9.17, 15) is 9.59 Å². The van der Waals surface area contributed by atoms with Crippen LogP contribution in [0.15, 0.2) is 47.1 Å². The van der Waals surface area contributed by atoms with Crippen molar-refractivity contribution in [3.8, 4) is 0 Å². The number of nitrogens with one attached hydrogen (secondary N) is 1. The summed E-state index contributed by atoms with van der Waals surface area (Å²) in [4.78, 5) is 25.0. The predicted molar refractivity (Wildman–Crippen MR) is 114 cm³/mol. The molecule has 0 saturated heterocycles. The molecule has 1 atom stereocenters. The predicted octanol–water partition coefficient (Wildman–Crippen LogP) is 5.29. The molecule has 0 saturated carbocycles. The topological polar surface area (TPSA) is 68.5 Å². The number of furan rings is 1. The van der Waals surface area contributed by atoms with Crippen molar-refractivity contribution in [2.24, 2.45) is 0 Å². The molecule has 2 aromatic carbocycles. The number of hydrogen-bond donors (Lipinski definition) is 1. The third-order valence-corrected chi connectivity index (χ3v) is 5.00. The second-order valence-corrected chi connectivity index (χ2v) is 7.75. The van der Waals surface area contributed by atoms with Crippen LogP contribution in [0.4, 0.5) is 5.69 Å². The van der Waals surface area contributed by atoms with Crippen molar-refractivity contribution in [2.45, 2.75) is 53.1 Å². The van der Waals surface area contributed by atoms with Crippen molar-refractivity contribution >= 4 is 28.5 Å². The van der Waals surface area contributed by atoms with Crippen molar-refractivity contribution in [1.29, 1.82) is 0 Å². The lowest BCUT2D eigenvalue weighted by Gasteiger charge is -2.19. The van der Waals surface area contributed by atoms with E-state index in [1.807, 2.05) is 50.2 Å². The van der Waals surface area contributed by atoms with Crippen LogP contribution in [0, 0.1) is 13.8 Å². The molecule has 5 heteroatoms.